The molecule has 1 saturated heterocycles. The summed E-state index contributed by atoms with van der Waals surface area (Å²) in [5.41, 5.74) is 0.562. The first-order valence-corrected chi connectivity index (χ1v) is 11.8. The molecule has 0 bridgehead atoms. The van der Waals surface area contributed by atoms with E-state index in [4.69, 9.17) is 4.74 Å². The molecule has 0 saturated carbocycles. The summed E-state index contributed by atoms with van der Waals surface area (Å²) in [6.07, 6.45) is 1.28. The average Bonchev–Trinajstić information content (AvgIpc) is 2.90. The fourth-order valence-corrected chi connectivity index (χ4v) is 5.87. The summed E-state index contributed by atoms with van der Waals surface area (Å²) in [5.74, 6) is 0.506. The van der Waals surface area contributed by atoms with Crippen LogP contribution in [-0.2, 0) is 21.4 Å². The zero-order chi connectivity index (χ0) is 22.2. The Labute approximate surface area is 182 Å². The molecule has 0 radical (unpaired) electrons. The number of Topliss-reactive ketones (excluding diaryl/α,β-unsaturated/α-hetero) is 1. The third-order valence-corrected chi connectivity index (χ3v) is 7.85. The SMILES string of the molecule is CC(=O)c1ccc(S(=O)(=O)N2CCC[C@]3(CN(C(C)=O)Cc4ccccc4O3)C2)cc1. The van der Waals surface area contributed by atoms with Crippen LogP contribution in [0.3, 0.4) is 0 Å². The number of ketones is 1. The Balaban J connectivity index is 1.66. The van der Waals surface area contributed by atoms with Crippen molar-refractivity contribution in [2.24, 2.45) is 0 Å². The molecule has 31 heavy (non-hydrogen) atoms. The monoisotopic (exact) mass is 442 g/mol. The number of amides is 1. The van der Waals surface area contributed by atoms with E-state index < -0.39 is 15.6 Å². The van der Waals surface area contributed by atoms with Crippen molar-refractivity contribution in [1.29, 1.82) is 0 Å². The Bertz CT molecular complexity index is 1110. The van der Waals surface area contributed by atoms with E-state index in [1.807, 2.05) is 24.3 Å². The number of piperidine rings is 1. The molecule has 0 aromatic heterocycles. The second-order valence-electron chi connectivity index (χ2n) is 8.29. The normalized spacial score (nSPS) is 21.8. The maximum Gasteiger partial charge on any atom is 0.243 e. The number of carbonyl (C=O) groups is 2. The molecule has 2 aromatic rings. The first-order chi connectivity index (χ1) is 14.7. The van der Waals surface area contributed by atoms with E-state index in [0.29, 0.717) is 43.8 Å². The van der Waals surface area contributed by atoms with Crippen LogP contribution >= 0.6 is 0 Å². The zero-order valence-electron chi connectivity index (χ0n) is 17.7. The number of para-hydroxylation sites is 1. The Morgan fingerprint density at radius 3 is 2.39 bits per heavy atom. The van der Waals surface area contributed by atoms with Crippen LogP contribution in [0.2, 0.25) is 0 Å². The Hall–Kier alpha value is -2.71. The lowest BCUT2D eigenvalue weighted by molar-refractivity contribution is -0.132. The molecule has 164 valence electrons. The number of ether oxygens (including phenoxy) is 1. The van der Waals surface area contributed by atoms with Crippen molar-refractivity contribution in [2.45, 2.75) is 43.7 Å². The topological polar surface area (TPSA) is 84.0 Å². The van der Waals surface area contributed by atoms with Gasteiger partial charge in [-0.15, -0.1) is 0 Å². The fourth-order valence-electron chi connectivity index (χ4n) is 4.32. The van der Waals surface area contributed by atoms with Crippen molar-refractivity contribution < 1.29 is 22.7 Å². The van der Waals surface area contributed by atoms with Crippen molar-refractivity contribution in [3.63, 3.8) is 0 Å². The minimum atomic E-state index is -3.77. The number of rotatable bonds is 3. The number of hydrogen-bond donors (Lipinski definition) is 0. The van der Waals surface area contributed by atoms with Gasteiger partial charge in [-0.1, -0.05) is 30.3 Å². The van der Waals surface area contributed by atoms with E-state index >= 15 is 0 Å². The van der Waals surface area contributed by atoms with Crippen LogP contribution in [0, 0.1) is 0 Å². The van der Waals surface area contributed by atoms with E-state index in [0.717, 1.165) is 5.56 Å². The first-order valence-electron chi connectivity index (χ1n) is 10.3. The van der Waals surface area contributed by atoms with Crippen LogP contribution in [0.25, 0.3) is 0 Å². The van der Waals surface area contributed by atoms with E-state index in [1.165, 1.54) is 42.4 Å². The highest BCUT2D eigenvalue weighted by Gasteiger charge is 2.45. The van der Waals surface area contributed by atoms with Crippen LogP contribution in [0.5, 0.6) is 5.75 Å². The molecule has 1 amide bonds. The summed E-state index contributed by atoms with van der Waals surface area (Å²) in [6, 6.07) is 13.6. The third-order valence-electron chi connectivity index (χ3n) is 5.99. The summed E-state index contributed by atoms with van der Waals surface area (Å²) in [7, 11) is -3.77. The Kier molecular flexibility index (Phi) is 5.61. The first kappa shape index (κ1) is 21.5. The van der Waals surface area contributed by atoms with E-state index in [9.17, 15) is 18.0 Å². The molecule has 1 spiro atoms. The van der Waals surface area contributed by atoms with Crippen molar-refractivity contribution in [2.75, 3.05) is 19.6 Å². The number of carbonyl (C=O) groups excluding carboxylic acids is 2. The van der Waals surface area contributed by atoms with Crippen molar-refractivity contribution in [1.82, 2.24) is 9.21 Å². The van der Waals surface area contributed by atoms with Gasteiger partial charge in [0.2, 0.25) is 15.9 Å². The quantitative estimate of drug-likeness (QED) is 0.683. The van der Waals surface area contributed by atoms with Gasteiger partial charge in [-0.3, -0.25) is 9.59 Å². The van der Waals surface area contributed by atoms with Gasteiger partial charge in [0, 0.05) is 31.1 Å². The third kappa shape index (κ3) is 4.22. The summed E-state index contributed by atoms with van der Waals surface area (Å²) < 4.78 is 34.6. The molecule has 8 heteroatoms. The lowest BCUT2D eigenvalue weighted by Crippen LogP contribution is -2.58. The number of fused-ring (bicyclic) bond motifs is 1. The maximum atomic E-state index is 13.3. The lowest BCUT2D eigenvalue weighted by Gasteiger charge is -2.43. The largest absolute Gasteiger partial charge is 0.484 e. The van der Waals surface area contributed by atoms with Gasteiger partial charge in [0.25, 0.3) is 0 Å². The van der Waals surface area contributed by atoms with Gasteiger partial charge in [-0.05, 0) is 38.0 Å². The maximum absolute atomic E-state index is 13.3. The van der Waals surface area contributed by atoms with Gasteiger partial charge >= 0.3 is 0 Å². The number of sulfonamides is 1. The summed E-state index contributed by atoms with van der Waals surface area (Å²) in [5, 5.41) is 0. The molecule has 2 aliphatic heterocycles. The number of benzene rings is 2. The summed E-state index contributed by atoms with van der Waals surface area (Å²) in [4.78, 5) is 25.7. The van der Waals surface area contributed by atoms with Crippen LogP contribution in [0.4, 0.5) is 0 Å². The second kappa shape index (κ2) is 8.09. The molecular formula is C23H26N2O5S. The van der Waals surface area contributed by atoms with Gasteiger partial charge in [-0.25, -0.2) is 8.42 Å². The highest BCUT2D eigenvalue weighted by molar-refractivity contribution is 7.89. The smallest absolute Gasteiger partial charge is 0.243 e. The second-order valence-corrected chi connectivity index (χ2v) is 10.2. The van der Waals surface area contributed by atoms with Crippen molar-refractivity contribution in [3.05, 3.63) is 59.7 Å². The molecule has 0 unspecified atom stereocenters. The zero-order valence-corrected chi connectivity index (χ0v) is 18.5. The molecule has 0 aliphatic carbocycles. The van der Waals surface area contributed by atoms with Crippen molar-refractivity contribution in [3.8, 4) is 5.75 Å². The van der Waals surface area contributed by atoms with Crippen LogP contribution in [-0.4, -0.2) is 54.5 Å². The average molecular weight is 443 g/mol. The van der Waals surface area contributed by atoms with Crippen LogP contribution < -0.4 is 4.74 Å². The number of nitrogens with zero attached hydrogens (tertiary/aromatic N) is 2. The van der Waals surface area contributed by atoms with Gasteiger partial charge in [0.15, 0.2) is 5.78 Å². The van der Waals surface area contributed by atoms with Crippen LogP contribution in [0.15, 0.2) is 53.4 Å². The van der Waals surface area contributed by atoms with Gasteiger partial charge in [0.05, 0.1) is 18.0 Å². The minimum absolute atomic E-state index is 0.0699. The molecule has 4 rings (SSSR count). The number of hydrogen-bond acceptors (Lipinski definition) is 5. The molecular weight excluding hydrogens is 416 g/mol. The van der Waals surface area contributed by atoms with Gasteiger partial charge < -0.3 is 9.64 Å². The molecule has 2 aliphatic rings. The highest BCUT2D eigenvalue weighted by Crippen LogP contribution is 2.36. The van der Waals surface area contributed by atoms with E-state index in [1.54, 1.807) is 4.90 Å². The van der Waals surface area contributed by atoms with E-state index in [2.05, 4.69) is 0 Å². The minimum Gasteiger partial charge on any atom is -0.484 e. The molecule has 1 atom stereocenters. The molecule has 2 aromatic carbocycles. The molecule has 1 fully saturated rings. The molecule has 7 nitrogen and oxygen atoms in total. The Morgan fingerprint density at radius 1 is 1.00 bits per heavy atom. The highest BCUT2D eigenvalue weighted by atomic mass is 32.2. The fraction of sp³-hybridized carbons (Fsp3) is 0.391. The lowest BCUT2D eigenvalue weighted by atomic mass is 9.93. The molecule has 2 heterocycles. The van der Waals surface area contributed by atoms with Gasteiger partial charge in [0.1, 0.15) is 11.4 Å². The van der Waals surface area contributed by atoms with Gasteiger partial charge in [-0.2, -0.15) is 4.31 Å². The van der Waals surface area contributed by atoms with Crippen LogP contribution in [0.1, 0.15) is 42.6 Å². The predicted octanol–water partition coefficient (Wildman–Crippen LogP) is 2.85. The van der Waals surface area contributed by atoms with E-state index in [-0.39, 0.29) is 23.1 Å². The summed E-state index contributed by atoms with van der Waals surface area (Å²) >= 11 is 0. The van der Waals surface area contributed by atoms with Crippen molar-refractivity contribution >= 4 is 21.7 Å². The standard InChI is InChI=1S/C23H26N2O5S/c1-17(26)19-8-10-21(11-9-19)31(28,29)25-13-5-12-23(16-25)15-24(18(2)27)14-20-6-3-4-7-22(20)30-23/h3-4,6-11H,5,12-16H2,1-2H3/t23-/m0/s1. The predicted molar refractivity (Wildman–Crippen MR) is 115 cm³/mol. The Morgan fingerprint density at radius 2 is 1.71 bits per heavy atom. The summed E-state index contributed by atoms with van der Waals surface area (Å²) in [6.45, 7) is 4.26. The molecule has 0 N–H and O–H groups in total.